The maximum atomic E-state index is 12.2. The number of hydrogen-bond acceptors (Lipinski definition) is 2. The van der Waals surface area contributed by atoms with Gasteiger partial charge in [-0.1, -0.05) is 23.8 Å². The van der Waals surface area contributed by atoms with Gasteiger partial charge in [-0.2, -0.15) is 0 Å². The van der Waals surface area contributed by atoms with E-state index in [9.17, 15) is 4.79 Å². The highest BCUT2D eigenvalue weighted by Crippen LogP contribution is 2.16. The summed E-state index contributed by atoms with van der Waals surface area (Å²) >= 11 is 0. The number of carbonyl (C=O) groups excluding carboxylic acids is 1. The van der Waals surface area contributed by atoms with Crippen molar-refractivity contribution in [1.29, 1.82) is 0 Å². The lowest BCUT2D eigenvalue weighted by molar-refractivity contribution is 0.198. The number of amides is 2. The number of fused-ring (bicyclic) bond motifs is 1. The van der Waals surface area contributed by atoms with E-state index in [0.29, 0.717) is 6.54 Å². The minimum Gasteiger partial charge on any atom is -0.340 e. The van der Waals surface area contributed by atoms with Crippen molar-refractivity contribution >= 4 is 17.1 Å². The molecule has 0 spiro atoms. The summed E-state index contributed by atoms with van der Waals surface area (Å²) in [5.41, 5.74) is 3.26. The number of nitrogens with one attached hydrogen (secondary N) is 2. The van der Waals surface area contributed by atoms with Crippen LogP contribution < -0.4 is 5.32 Å². The number of nitrogens with zero attached hydrogens (tertiary/aromatic N) is 2. The summed E-state index contributed by atoms with van der Waals surface area (Å²) in [5.74, 6) is 0.785. The molecule has 1 aliphatic heterocycles. The molecule has 5 nitrogen and oxygen atoms in total. The first-order chi connectivity index (χ1) is 10.1. The molecule has 1 aromatic carbocycles. The molecule has 2 amide bonds. The van der Waals surface area contributed by atoms with Gasteiger partial charge in [0, 0.05) is 13.1 Å². The molecule has 21 heavy (non-hydrogen) atoms. The van der Waals surface area contributed by atoms with E-state index in [1.165, 1.54) is 5.57 Å². The van der Waals surface area contributed by atoms with Crippen LogP contribution in [-0.2, 0) is 0 Å². The summed E-state index contributed by atoms with van der Waals surface area (Å²) in [7, 11) is 0. The summed E-state index contributed by atoms with van der Waals surface area (Å²) in [4.78, 5) is 21.8. The van der Waals surface area contributed by atoms with Crippen molar-refractivity contribution in [2.45, 2.75) is 26.3 Å². The molecule has 2 heterocycles. The number of imidazole rings is 1. The first-order valence-corrected chi connectivity index (χ1v) is 7.29. The Balaban J connectivity index is 1.68. The number of carbonyl (C=O) groups is 1. The molecule has 0 fully saturated rings. The maximum absolute atomic E-state index is 12.2. The van der Waals surface area contributed by atoms with Gasteiger partial charge in [-0.05, 0) is 32.4 Å². The van der Waals surface area contributed by atoms with Crippen LogP contribution in [0.25, 0.3) is 11.0 Å². The van der Waals surface area contributed by atoms with Crippen molar-refractivity contribution in [3.63, 3.8) is 0 Å². The Kier molecular flexibility index (Phi) is 3.64. The Morgan fingerprint density at radius 3 is 2.95 bits per heavy atom. The van der Waals surface area contributed by atoms with Gasteiger partial charge in [-0.25, -0.2) is 9.78 Å². The third kappa shape index (κ3) is 2.91. The Morgan fingerprint density at radius 1 is 1.43 bits per heavy atom. The first kappa shape index (κ1) is 13.7. The maximum Gasteiger partial charge on any atom is 0.318 e. The summed E-state index contributed by atoms with van der Waals surface area (Å²) in [5, 5.41) is 3.01. The molecule has 110 valence electrons. The van der Waals surface area contributed by atoms with E-state index in [4.69, 9.17) is 0 Å². The van der Waals surface area contributed by atoms with Gasteiger partial charge in [0.1, 0.15) is 5.82 Å². The van der Waals surface area contributed by atoms with E-state index in [0.717, 1.165) is 29.8 Å². The molecule has 1 atom stereocenters. The van der Waals surface area contributed by atoms with Gasteiger partial charge in [0.15, 0.2) is 0 Å². The molecule has 0 unspecified atom stereocenters. The molecule has 3 rings (SSSR count). The number of urea groups is 1. The molecule has 1 aliphatic rings. The molecule has 0 radical (unpaired) electrons. The third-order valence-electron chi connectivity index (χ3n) is 3.88. The van der Waals surface area contributed by atoms with Crippen LogP contribution >= 0.6 is 0 Å². The van der Waals surface area contributed by atoms with Crippen LogP contribution in [-0.4, -0.2) is 34.0 Å². The number of aromatic amines is 1. The second kappa shape index (κ2) is 5.60. The molecular weight excluding hydrogens is 264 g/mol. The van der Waals surface area contributed by atoms with Gasteiger partial charge >= 0.3 is 6.03 Å². The van der Waals surface area contributed by atoms with Crippen molar-refractivity contribution in [3.8, 4) is 0 Å². The molecule has 0 saturated carbocycles. The van der Waals surface area contributed by atoms with Crippen LogP contribution in [0.4, 0.5) is 4.79 Å². The van der Waals surface area contributed by atoms with E-state index in [-0.39, 0.29) is 12.1 Å². The van der Waals surface area contributed by atoms with Crippen LogP contribution in [0.2, 0.25) is 0 Å². The predicted octanol–water partition coefficient (Wildman–Crippen LogP) is 2.99. The predicted molar refractivity (Wildman–Crippen MR) is 83.0 cm³/mol. The van der Waals surface area contributed by atoms with Gasteiger partial charge in [0.05, 0.1) is 17.1 Å². The lowest BCUT2D eigenvalue weighted by atomic mass is 10.1. The topological polar surface area (TPSA) is 61.0 Å². The molecule has 1 aromatic heterocycles. The highest BCUT2D eigenvalue weighted by molar-refractivity contribution is 5.76. The first-order valence-electron chi connectivity index (χ1n) is 7.29. The molecule has 2 aromatic rings. The quantitative estimate of drug-likeness (QED) is 0.833. The standard InChI is InChI=1S/C16H20N4O/c1-11-7-9-20(10-8-11)16(21)17-12(2)15-18-13-5-3-4-6-14(13)19-15/h3-7,12H,8-10H2,1-2H3,(H,17,21)(H,18,19)/t12-/m0/s1. The van der Waals surface area contributed by atoms with E-state index in [1.807, 2.05) is 36.1 Å². The highest BCUT2D eigenvalue weighted by atomic mass is 16.2. The highest BCUT2D eigenvalue weighted by Gasteiger charge is 2.19. The van der Waals surface area contributed by atoms with Crippen LogP contribution in [0.3, 0.4) is 0 Å². The lowest BCUT2D eigenvalue weighted by Crippen LogP contribution is -2.43. The number of hydrogen-bond donors (Lipinski definition) is 2. The normalized spacial score (nSPS) is 16.7. The minimum absolute atomic E-state index is 0.0355. The van der Waals surface area contributed by atoms with E-state index >= 15 is 0 Å². The fourth-order valence-electron chi connectivity index (χ4n) is 2.48. The largest absolute Gasteiger partial charge is 0.340 e. The summed E-state index contributed by atoms with van der Waals surface area (Å²) < 4.78 is 0. The molecule has 0 saturated heterocycles. The van der Waals surface area contributed by atoms with Crippen LogP contribution in [0.1, 0.15) is 32.1 Å². The van der Waals surface area contributed by atoms with Crippen LogP contribution in [0.15, 0.2) is 35.9 Å². The van der Waals surface area contributed by atoms with Crippen molar-refractivity contribution in [2.24, 2.45) is 0 Å². The van der Waals surface area contributed by atoms with Gasteiger partial charge < -0.3 is 15.2 Å². The van der Waals surface area contributed by atoms with Gasteiger partial charge in [0.25, 0.3) is 0 Å². The molecule has 0 aliphatic carbocycles. The Morgan fingerprint density at radius 2 is 2.24 bits per heavy atom. The molecule has 5 heteroatoms. The van der Waals surface area contributed by atoms with E-state index < -0.39 is 0 Å². The fraction of sp³-hybridized carbons (Fsp3) is 0.375. The van der Waals surface area contributed by atoms with Gasteiger partial charge in [-0.3, -0.25) is 0 Å². The second-order valence-corrected chi connectivity index (χ2v) is 5.56. The smallest absolute Gasteiger partial charge is 0.318 e. The van der Waals surface area contributed by atoms with Gasteiger partial charge in [-0.15, -0.1) is 0 Å². The van der Waals surface area contributed by atoms with Crippen LogP contribution in [0, 0.1) is 0 Å². The van der Waals surface area contributed by atoms with E-state index in [1.54, 1.807) is 0 Å². The minimum atomic E-state index is -0.142. The SMILES string of the molecule is CC1=CCN(C(=O)N[C@@H](C)c2nc3ccccc3[nH]2)CC1. The fourth-order valence-corrected chi connectivity index (χ4v) is 2.48. The average Bonchev–Trinajstić information content (AvgIpc) is 2.92. The monoisotopic (exact) mass is 284 g/mol. The summed E-state index contributed by atoms with van der Waals surface area (Å²) in [6, 6.07) is 7.69. The zero-order chi connectivity index (χ0) is 14.8. The zero-order valence-electron chi connectivity index (χ0n) is 12.4. The zero-order valence-corrected chi connectivity index (χ0v) is 12.4. The second-order valence-electron chi connectivity index (χ2n) is 5.56. The third-order valence-corrected chi connectivity index (χ3v) is 3.88. The van der Waals surface area contributed by atoms with Crippen molar-refractivity contribution < 1.29 is 4.79 Å². The lowest BCUT2D eigenvalue weighted by Gasteiger charge is -2.27. The summed E-state index contributed by atoms with van der Waals surface area (Å²) in [6.45, 7) is 5.51. The number of para-hydroxylation sites is 2. The van der Waals surface area contributed by atoms with Gasteiger partial charge in [0.2, 0.25) is 0 Å². The Hall–Kier alpha value is -2.30. The van der Waals surface area contributed by atoms with Crippen molar-refractivity contribution in [3.05, 3.63) is 41.7 Å². The molecule has 2 N–H and O–H groups in total. The van der Waals surface area contributed by atoms with Crippen LogP contribution in [0.5, 0.6) is 0 Å². The number of rotatable bonds is 2. The number of aromatic nitrogens is 2. The van der Waals surface area contributed by atoms with Crippen molar-refractivity contribution in [2.75, 3.05) is 13.1 Å². The average molecular weight is 284 g/mol. The Labute approximate surface area is 124 Å². The summed E-state index contributed by atoms with van der Waals surface area (Å²) in [6.07, 6.45) is 3.06. The number of H-pyrrole nitrogens is 1. The van der Waals surface area contributed by atoms with Crippen molar-refractivity contribution in [1.82, 2.24) is 20.2 Å². The Bertz CT molecular complexity index is 655. The van der Waals surface area contributed by atoms with E-state index in [2.05, 4.69) is 28.3 Å². The number of benzene rings is 1. The molecular formula is C16H20N4O. The molecule has 0 bridgehead atoms.